The lowest BCUT2D eigenvalue weighted by Gasteiger charge is -2.50. The molecule has 0 aliphatic carbocycles. The predicted octanol–water partition coefficient (Wildman–Crippen LogP) is -0.0816. The molecular formula is C28H31ClN8O7S2. The van der Waals surface area contributed by atoms with Crippen LogP contribution in [0.2, 0.25) is 4.34 Å². The Labute approximate surface area is 276 Å². The average molecular weight is 691 g/mol. The molecule has 18 heteroatoms. The number of nitrogens with zero attached hydrogens (tertiary/aromatic N) is 5. The Morgan fingerprint density at radius 2 is 2.15 bits per heavy atom. The van der Waals surface area contributed by atoms with E-state index in [4.69, 9.17) is 22.2 Å². The zero-order valence-corrected chi connectivity index (χ0v) is 27.2. The van der Waals surface area contributed by atoms with E-state index in [0.717, 1.165) is 46.8 Å². The van der Waals surface area contributed by atoms with E-state index in [9.17, 15) is 29.4 Å². The maximum absolute atomic E-state index is 13.4. The number of carboxylic acids is 2. The molecular weight excluding hydrogens is 660 g/mol. The van der Waals surface area contributed by atoms with Crippen molar-refractivity contribution in [3.63, 3.8) is 0 Å². The highest BCUT2D eigenvalue weighted by Gasteiger charge is 2.53. The summed E-state index contributed by atoms with van der Waals surface area (Å²) in [6.07, 6.45) is 3.47. The maximum Gasteiger partial charge on any atom is 0.347 e. The maximum atomic E-state index is 13.4. The number of carboxylic acid groups (broad SMARTS) is 2. The van der Waals surface area contributed by atoms with Crippen molar-refractivity contribution in [2.75, 3.05) is 25.1 Å². The molecule has 3 atom stereocenters. The summed E-state index contributed by atoms with van der Waals surface area (Å²) in [4.78, 5) is 60.8. The number of nitrogens with one attached hydrogen (secondary N) is 2. The van der Waals surface area contributed by atoms with Gasteiger partial charge in [0.2, 0.25) is 11.6 Å². The van der Waals surface area contributed by atoms with Crippen LogP contribution in [0.1, 0.15) is 25.5 Å². The molecule has 0 spiro atoms. The molecule has 1 fully saturated rings. The normalized spacial score (nSPS) is 18.7. The molecule has 244 valence electrons. The van der Waals surface area contributed by atoms with Crippen molar-refractivity contribution in [2.24, 2.45) is 5.16 Å². The second-order valence-corrected chi connectivity index (χ2v) is 13.2. The Morgan fingerprint density at radius 3 is 2.80 bits per heavy atom. The molecule has 1 saturated heterocycles. The molecule has 5 N–H and O–H groups in total. The van der Waals surface area contributed by atoms with Crippen LogP contribution < -0.4 is 26.0 Å². The van der Waals surface area contributed by atoms with Crippen LogP contribution in [-0.2, 0) is 37.1 Å². The summed E-state index contributed by atoms with van der Waals surface area (Å²) in [5.74, 6) is -4.15. The fraction of sp³-hybridized carbons (Fsp3) is 0.393. The number of thioether (sulfide) groups is 1. The molecule has 2 amide bonds. The van der Waals surface area contributed by atoms with Crippen LogP contribution in [0.25, 0.3) is 11.0 Å². The highest BCUT2D eigenvalue weighted by Crippen LogP contribution is 2.40. The summed E-state index contributed by atoms with van der Waals surface area (Å²) in [5.41, 5.74) is 7.25. The molecule has 46 heavy (non-hydrogen) atoms. The molecule has 2 aliphatic rings. The number of carbonyl (C=O) groups excluding carboxylic acids is 3. The zero-order valence-electron chi connectivity index (χ0n) is 24.8. The van der Waals surface area contributed by atoms with Gasteiger partial charge >= 0.3 is 5.97 Å². The van der Waals surface area contributed by atoms with Gasteiger partial charge in [0.25, 0.3) is 11.8 Å². The lowest BCUT2D eigenvalue weighted by atomic mass is 10.0. The number of pyridine rings is 1. The number of halogens is 1. The number of nitrogen functional groups attached to an aromatic ring is 1. The monoisotopic (exact) mass is 690 g/mol. The van der Waals surface area contributed by atoms with Gasteiger partial charge in [0.05, 0.1) is 11.7 Å². The van der Waals surface area contributed by atoms with Gasteiger partial charge in [0, 0.05) is 36.2 Å². The van der Waals surface area contributed by atoms with Crippen LogP contribution in [0.5, 0.6) is 0 Å². The molecule has 0 unspecified atom stereocenters. The van der Waals surface area contributed by atoms with Gasteiger partial charge in [-0.05, 0) is 32.5 Å². The first-order valence-electron chi connectivity index (χ1n) is 14.2. The number of aliphatic carboxylic acids is 2. The van der Waals surface area contributed by atoms with Crippen LogP contribution >= 0.6 is 34.7 Å². The number of carbonyl (C=O) groups is 4. The number of rotatable bonds is 14. The standard InChI is InChI=1S/C28H31ClN8O7S2/c1-3-17(26(40)41)44-34-19(18-22(29)46-28(30)33-18)23(38)32-20-24(39)37-21(27(42)43)14(13-45-25(20)37)12-36-9-4-6-15-16(36)7-11-35(15)10-5-8-31-2/h4,6-7,9,11,17,20,25,31H,3,5,8,10,12-13H2,1-2H3,(H4-,30,32,33,38,40,41,42,43)/b34-19-/t17-,20+,25+/m0/s1. The number of nitrogens with two attached hydrogens (primary N) is 1. The van der Waals surface area contributed by atoms with Crippen molar-refractivity contribution in [1.29, 1.82) is 0 Å². The lowest BCUT2D eigenvalue weighted by molar-refractivity contribution is -0.663. The Kier molecular flexibility index (Phi) is 10.1. The fourth-order valence-corrected chi connectivity index (χ4v) is 7.51. The van der Waals surface area contributed by atoms with Gasteiger partial charge in [-0.3, -0.25) is 14.5 Å². The molecule has 0 radical (unpaired) electrons. The first kappa shape index (κ1) is 33.2. The van der Waals surface area contributed by atoms with Crippen LogP contribution in [-0.4, -0.2) is 85.9 Å². The number of amides is 2. The fourth-order valence-electron chi connectivity index (χ4n) is 5.25. The topological polar surface area (TPSA) is 208 Å². The quantitative estimate of drug-likeness (QED) is 0.0578. The first-order valence-corrected chi connectivity index (χ1v) is 16.5. The molecule has 0 aromatic carbocycles. The predicted molar refractivity (Wildman–Crippen MR) is 169 cm³/mol. The van der Waals surface area contributed by atoms with Gasteiger partial charge in [-0.1, -0.05) is 35.0 Å². The lowest BCUT2D eigenvalue weighted by Crippen LogP contribution is -2.71. The first-order chi connectivity index (χ1) is 22.0. The summed E-state index contributed by atoms with van der Waals surface area (Å²) in [6, 6.07) is 4.73. The van der Waals surface area contributed by atoms with Crippen LogP contribution in [0.3, 0.4) is 0 Å². The van der Waals surface area contributed by atoms with Gasteiger partial charge in [0.1, 0.15) is 27.0 Å². The second kappa shape index (κ2) is 14.1. The minimum Gasteiger partial charge on any atom is -0.543 e. The minimum atomic E-state index is -1.50. The van der Waals surface area contributed by atoms with Crippen LogP contribution in [0.4, 0.5) is 5.13 Å². The number of anilines is 1. The summed E-state index contributed by atoms with van der Waals surface area (Å²) < 4.78 is 4.06. The molecule has 3 aromatic heterocycles. The third-order valence-corrected chi connectivity index (χ3v) is 9.91. The van der Waals surface area contributed by atoms with E-state index >= 15 is 0 Å². The molecule has 5 rings (SSSR count). The highest BCUT2D eigenvalue weighted by molar-refractivity contribution is 8.00. The molecule has 15 nitrogen and oxygen atoms in total. The zero-order chi connectivity index (χ0) is 33.1. The number of aryl methyl sites for hydroxylation is 1. The number of oxime groups is 1. The number of hydrogen-bond acceptors (Lipinski definition) is 12. The number of β-lactam (4-membered cyclic amide) rings is 1. The average Bonchev–Trinajstić information content (AvgIpc) is 3.59. The number of thiazole rings is 1. The van der Waals surface area contributed by atoms with Crippen LogP contribution in [0.15, 0.2) is 47.0 Å². The van der Waals surface area contributed by atoms with E-state index < -0.39 is 47.0 Å². The smallest absolute Gasteiger partial charge is 0.347 e. The Bertz CT molecular complexity index is 1760. The van der Waals surface area contributed by atoms with E-state index in [1.165, 1.54) is 11.8 Å². The van der Waals surface area contributed by atoms with Crippen molar-refractivity contribution >= 4 is 80.3 Å². The van der Waals surface area contributed by atoms with E-state index in [1.807, 2.05) is 42.2 Å². The van der Waals surface area contributed by atoms with Gasteiger partial charge in [-0.15, -0.1) is 11.8 Å². The number of fused-ring (bicyclic) bond motifs is 2. The van der Waals surface area contributed by atoms with E-state index in [1.54, 1.807) is 6.92 Å². The molecule has 5 heterocycles. The van der Waals surface area contributed by atoms with Crippen molar-refractivity contribution in [3.8, 4) is 0 Å². The van der Waals surface area contributed by atoms with E-state index in [2.05, 4.69) is 25.3 Å². The Hall–Kier alpha value is -4.19. The van der Waals surface area contributed by atoms with E-state index in [-0.39, 0.29) is 39.6 Å². The number of hydrogen-bond donors (Lipinski definition) is 4. The Morgan fingerprint density at radius 1 is 1.37 bits per heavy atom. The highest BCUT2D eigenvalue weighted by atomic mass is 35.5. The van der Waals surface area contributed by atoms with Crippen molar-refractivity contribution in [2.45, 2.75) is 50.4 Å². The Balaban J connectivity index is 1.37. The third-order valence-electron chi connectivity index (χ3n) is 7.49. The summed E-state index contributed by atoms with van der Waals surface area (Å²) in [5, 5.41) is 30.4. The largest absolute Gasteiger partial charge is 0.543 e. The summed E-state index contributed by atoms with van der Waals surface area (Å²) in [7, 11) is 1.90. The van der Waals surface area contributed by atoms with Gasteiger partial charge in [0.15, 0.2) is 23.6 Å². The van der Waals surface area contributed by atoms with Gasteiger partial charge < -0.3 is 40.8 Å². The minimum absolute atomic E-state index is 0.000351. The summed E-state index contributed by atoms with van der Waals surface area (Å²) in [6.45, 7) is 3.45. The second-order valence-electron chi connectivity index (χ2n) is 10.4. The van der Waals surface area contributed by atoms with Crippen molar-refractivity contribution in [1.82, 2.24) is 25.1 Å². The molecule has 0 bridgehead atoms. The summed E-state index contributed by atoms with van der Waals surface area (Å²) >= 11 is 8.35. The SMILES string of the molecule is CC[C@H](O/N=C(\C(=O)N[C@@H]1C(=O)N2C(C(=O)[O-])=C(C[n+]3cccc4c3ccn4CCCNC)CS[C@H]12)c1nc(N)sc1Cl)C(=O)O. The van der Waals surface area contributed by atoms with E-state index in [0.29, 0.717) is 5.57 Å². The number of aromatic nitrogens is 3. The third kappa shape index (κ3) is 6.53. The van der Waals surface area contributed by atoms with Crippen molar-refractivity contribution < 1.29 is 38.8 Å². The van der Waals surface area contributed by atoms with Gasteiger partial charge in [-0.25, -0.2) is 9.78 Å². The van der Waals surface area contributed by atoms with Crippen LogP contribution in [0, 0.1) is 0 Å². The molecule has 3 aromatic rings. The van der Waals surface area contributed by atoms with Gasteiger partial charge in [-0.2, -0.15) is 4.57 Å². The molecule has 0 saturated carbocycles. The van der Waals surface area contributed by atoms with Crippen molar-refractivity contribution in [3.05, 3.63) is 51.9 Å². The molecule has 2 aliphatic heterocycles.